The quantitative estimate of drug-likeness (QED) is 0.641. The summed E-state index contributed by atoms with van der Waals surface area (Å²) >= 11 is 1.39. The number of hydrogen-bond donors (Lipinski definition) is 2. The highest BCUT2D eigenvalue weighted by atomic mass is 32.2. The maximum atomic E-state index is 11.9. The molecular weight excluding hydrogens is 254 g/mol. The Bertz CT molecular complexity index is 541. The number of Topliss-reactive ketones (excluding diaryl/α,β-unsaturated/α-hetero) is 1. The molecule has 0 aromatic heterocycles. The van der Waals surface area contributed by atoms with E-state index in [0.717, 1.165) is 4.90 Å². The zero-order valence-electron chi connectivity index (χ0n) is 9.60. The van der Waals surface area contributed by atoms with Gasteiger partial charge in [-0.3, -0.25) is 14.4 Å². The van der Waals surface area contributed by atoms with Crippen LogP contribution in [-0.4, -0.2) is 28.5 Å². The molecule has 0 spiro atoms. The largest absolute Gasteiger partial charge is 0.481 e. The molecule has 1 atom stereocenters. The summed E-state index contributed by atoms with van der Waals surface area (Å²) in [6.45, 7) is 1.34. The molecule has 1 aromatic carbocycles. The summed E-state index contributed by atoms with van der Waals surface area (Å²) in [5.74, 6) is -2.48. The molecular formula is C12H11NO4S. The molecule has 2 rings (SSSR count). The SMILES string of the molecule is CC(C(=O)O)C(=O)c1ccc2c(c1)NC(=O)CS2. The molecule has 0 bridgehead atoms. The van der Waals surface area contributed by atoms with Crippen LogP contribution in [-0.2, 0) is 9.59 Å². The number of hydrogen-bond acceptors (Lipinski definition) is 4. The van der Waals surface area contributed by atoms with Gasteiger partial charge in [-0.2, -0.15) is 0 Å². The van der Waals surface area contributed by atoms with Gasteiger partial charge in [-0.15, -0.1) is 11.8 Å². The molecule has 1 unspecified atom stereocenters. The number of thioether (sulfide) groups is 1. The fourth-order valence-electron chi connectivity index (χ4n) is 1.60. The minimum absolute atomic E-state index is 0.122. The molecule has 18 heavy (non-hydrogen) atoms. The first-order valence-electron chi connectivity index (χ1n) is 5.33. The summed E-state index contributed by atoms with van der Waals surface area (Å²) in [7, 11) is 0. The molecule has 0 saturated carbocycles. The fourth-order valence-corrected chi connectivity index (χ4v) is 2.39. The van der Waals surface area contributed by atoms with Gasteiger partial charge in [-0.05, 0) is 19.1 Å². The lowest BCUT2D eigenvalue weighted by molar-refractivity contribution is -0.139. The first kappa shape index (κ1) is 12.6. The number of carboxylic acid groups (broad SMARTS) is 1. The molecule has 6 heteroatoms. The molecule has 1 aliphatic rings. The van der Waals surface area contributed by atoms with E-state index in [0.29, 0.717) is 17.0 Å². The first-order chi connectivity index (χ1) is 8.49. The van der Waals surface area contributed by atoms with Crippen LogP contribution in [0.4, 0.5) is 5.69 Å². The normalized spacial score (nSPS) is 15.5. The number of benzene rings is 1. The van der Waals surface area contributed by atoms with Gasteiger partial charge in [0, 0.05) is 10.5 Å². The molecule has 0 radical (unpaired) electrons. The number of anilines is 1. The van der Waals surface area contributed by atoms with Crippen molar-refractivity contribution in [1.29, 1.82) is 0 Å². The summed E-state index contributed by atoms with van der Waals surface area (Å²) < 4.78 is 0. The third kappa shape index (κ3) is 2.38. The molecule has 1 aromatic rings. The average molecular weight is 265 g/mol. The van der Waals surface area contributed by atoms with Crippen molar-refractivity contribution in [3.63, 3.8) is 0 Å². The number of nitrogens with one attached hydrogen (secondary N) is 1. The van der Waals surface area contributed by atoms with Gasteiger partial charge in [0.05, 0.1) is 11.4 Å². The van der Waals surface area contributed by atoms with Gasteiger partial charge in [-0.25, -0.2) is 0 Å². The van der Waals surface area contributed by atoms with Crippen LogP contribution in [0.1, 0.15) is 17.3 Å². The highest BCUT2D eigenvalue weighted by Gasteiger charge is 2.24. The van der Waals surface area contributed by atoms with Gasteiger partial charge < -0.3 is 10.4 Å². The van der Waals surface area contributed by atoms with Crippen LogP contribution in [0.3, 0.4) is 0 Å². The number of carboxylic acids is 1. The van der Waals surface area contributed by atoms with E-state index < -0.39 is 17.7 Å². The highest BCUT2D eigenvalue weighted by molar-refractivity contribution is 8.00. The van der Waals surface area contributed by atoms with Gasteiger partial charge in [0.15, 0.2) is 5.78 Å². The monoisotopic (exact) mass is 265 g/mol. The second-order valence-corrected chi connectivity index (χ2v) is 4.99. The first-order valence-corrected chi connectivity index (χ1v) is 6.31. The van der Waals surface area contributed by atoms with Crippen LogP contribution in [0.5, 0.6) is 0 Å². The van der Waals surface area contributed by atoms with E-state index in [4.69, 9.17) is 5.11 Å². The van der Waals surface area contributed by atoms with Crippen molar-refractivity contribution in [1.82, 2.24) is 0 Å². The lowest BCUT2D eigenvalue weighted by Gasteiger charge is -2.17. The van der Waals surface area contributed by atoms with Crippen LogP contribution in [0.2, 0.25) is 0 Å². The Morgan fingerprint density at radius 1 is 1.44 bits per heavy atom. The van der Waals surface area contributed by atoms with Crippen molar-refractivity contribution in [2.24, 2.45) is 5.92 Å². The van der Waals surface area contributed by atoms with Crippen molar-refractivity contribution in [3.05, 3.63) is 23.8 Å². The molecule has 0 saturated heterocycles. The van der Waals surface area contributed by atoms with Crippen molar-refractivity contribution in [2.75, 3.05) is 11.1 Å². The van der Waals surface area contributed by atoms with Gasteiger partial charge in [0.25, 0.3) is 0 Å². The predicted octanol–water partition coefficient (Wildman–Crippen LogP) is 1.63. The van der Waals surface area contributed by atoms with E-state index in [1.165, 1.54) is 24.8 Å². The molecule has 0 aliphatic carbocycles. The van der Waals surface area contributed by atoms with E-state index in [1.807, 2.05) is 0 Å². The number of fused-ring (bicyclic) bond motifs is 1. The van der Waals surface area contributed by atoms with Gasteiger partial charge in [0.2, 0.25) is 5.91 Å². The minimum Gasteiger partial charge on any atom is -0.481 e. The van der Waals surface area contributed by atoms with Crippen LogP contribution in [0.25, 0.3) is 0 Å². The zero-order chi connectivity index (χ0) is 13.3. The Labute approximate surface area is 108 Å². The van der Waals surface area contributed by atoms with Gasteiger partial charge in [-0.1, -0.05) is 6.07 Å². The minimum atomic E-state index is -1.16. The zero-order valence-corrected chi connectivity index (χ0v) is 10.4. The van der Waals surface area contributed by atoms with Crippen molar-refractivity contribution in [2.45, 2.75) is 11.8 Å². The predicted molar refractivity (Wildman–Crippen MR) is 66.9 cm³/mol. The standard InChI is InChI=1S/C12H11NO4S/c1-6(12(16)17)11(15)7-2-3-9-8(4-7)13-10(14)5-18-9/h2-4,6H,5H2,1H3,(H,13,14)(H,16,17). The van der Waals surface area contributed by atoms with Crippen molar-refractivity contribution >= 4 is 35.1 Å². The number of ketones is 1. The van der Waals surface area contributed by atoms with Crippen molar-refractivity contribution < 1.29 is 19.5 Å². The molecule has 1 aliphatic heterocycles. The Morgan fingerprint density at radius 2 is 2.17 bits per heavy atom. The smallest absolute Gasteiger partial charge is 0.314 e. The molecule has 0 fully saturated rings. The topological polar surface area (TPSA) is 83.5 Å². The maximum absolute atomic E-state index is 11.9. The number of aliphatic carboxylic acids is 1. The Hall–Kier alpha value is -1.82. The number of rotatable bonds is 3. The second kappa shape index (κ2) is 4.81. The summed E-state index contributed by atoms with van der Waals surface area (Å²) in [5.41, 5.74) is 0.867. The van der Waals surface area contributed by atoms with E-state index in [1.54, 1.807) is 12.1 Å². The summed E-state index contributed by atoms with van der Waals surface area (Å²) in [6.07, 6.45) is 0. The van der Waals surface area contributed by atoms with E-state index >= 15 is 0 Å². The van der Waals surface area contributed by atoms with E-state index in [2.05, 4.69) is 5.32 Å². The number of carbonyl (C=O) groups is 3. The number of carbonyl (C=O) groups excluding carboxylic acids is 2. The van der Waals surface area contributed by atoms with Crippen LogP contribution in [0.15, 0.2) is 23.1 Å². The lowest BCUT2D eigenvalue weighted by Crippen LogP contribution is -2.22. The highest BCUT2D eigenvalue weighted by Crippen LogP contribution is 2.32. The third-order valence-corrected chi connectivity index (χ3v) is 3.73. The van der Waals surface area contributed by atoms with Crippen LogP contribution >= 0.6 is 11.8 Å². The third-order valence-electron chi connectivity index (χ3n) is 2.66. The summed E-state index contributed by atoms with van der Waals surface area (Å²) in [6, 6.07) is 4.84. The summed E-state index contributed by atoms with van der Waals surface area (Å²) in [4.78, 5) is 34.7. The molecule has 1 amide bonds. The maximum Gasteiger partial charge on any atom is 0.314 e. The lowest BCUT2D eigenvalue weighted by atomic mass is 9.99. The second-order valence-electron chi connectivity index (χ2n) is 3.97. The van der Waals surface area contributed by atoms with Crippen molar-refractivity contribution in [3.8, 4) is 0 Å². The molecule has 5 nitrogen and oxygen atoms in total. The van der Waals surface area contributed by atoms with Gasteiger partial charge in [0.1, 0.15) is 5.92 Å². The van der Waals surface area contributed by atoms with E-state index in [-0.39, 0.29) is 5.91 Å². The molecule has 94 valence electrons. The molecule has 1 heterocycles. The Morgan fingerprint density at radius 3 is 2.83 bits per heavy atom. The molecule has 2 N–H and O–H groups in total. The Kier molecular flexibility index (Phi) is 3.38. The Balaban J connectivity index is 2.31. The van der Waals surface area contributed by atoms with Crippen LogP contribution in [0, 0.1) is 5.92 Å². The van der Waals surface area contributed by atoms with E-state index in [9.17, 15) is 14.4 Å². The summed E-state index contributed by atoms with van der Waals surface area (Å²) in [5, 5.41) is 11.5. The fraction of sp³-hybridized carbons (Fsp3) is 0.250. The average Bonchev–Trinajstić information content (AvgIpc) is 2.35. The van der Waals surface area contributed by atoms with Crippen LogP contribution < -0.4 is 5.32 Å². The number of amides is 1. The van der Waals surface area contributed by atoms with Gasteiger partial charge >= 0.3 is 5.97 Å².